The van der Waals surface area contributed by atoms with E-state index >= 15 is 0 Å². The zero-order valence-corrected chi connectivity index (χ0v) is 15.4. The Balaban J connectivity index is 1.28. The maximum Gasteiger partial charge on any atom is 0.244 e. The third kappa shape index (κ3) is 3.61. The van der Waals surface area contributed by atoms with Gasteiger partial charge in [0, 0.05) is 38.3 Å². The molecule has 2 aliphatic heterocycles. The average molecular weight is 360 g/mol. The molecule has 1 aromatic heterocycles. The van der Waals surface area contributed by atoms with Gasteiger partial charge in [-0.25, -0.2) is 0 Å². The van der Waals surface area contributed by atoms with E-state index in [1.54, 1.807) is 17.1 Å². The van der Waals surface area contributed by atoms with Crippen LogP contribution in [-0.4, -0.2) is 77.7 Å². The molecule has 0 bridgehead atoms. The summed E-state index contributed by atoms with van der Waals surface area (Å²) in [4.78, 5) is 29.0. The first kappa shape index (κ1) is 17.5. The lowest BCUT2D eigenvalue weighted by molar-refractivity contribution is -0.133. The number of amides is 2. The van der Waals surface area contributed by atoms with E-state index in [-0.39, 0.29) is 29.7 Å². The Morgan fingerprint density at radius 2 is 2.00 bits per heavy atom. The second-order valence-corrected chi connectivity index (χ2v) is 7.97. The second-order valence-electron chi connectivity index (χ2n) is 7.97. The third-order valence-electron chi connectivity index (χ3n) is 6.16. The van der Waals surface area contributed by atoms with Gasteiger partial charge >= 0.3 is 0 Å². The van der Waals surface area contributed by atoms with Gasteiger partial charge in [0.05, 0.1) is 11.9 Å². The summed E-state index contributed by atoms with van der Waals surface area (Å²) in [5.74, 6) is 0.298. The van der Waals surface area contributed by atoms with Crippen molar-refractivity contribution in [2.45, 2.75) is 25.8 Å². The zero-order chi connectivity index (χ0) is 18.1. The van der Waals surface area contributed by atoms with Crippen molar-refractivity contribution in [1.82, 2.24) is 24.9 Å². The first-order chi connectivity index (χ1) is 12.6. The summed E-state index contributed by atoms with van der Waals surface area (Å²) in [7, 11) is 2.07. The minimum Gasteiger partial charge on any atom is -0.339 e. The van der Waals surface area contributed by atoms with Crippen LogP contribution in [0.15, 0.2) is 12.4 Å². The van der Waals surface area contributed by atoms with Crippen LogP contribution in [0.4, 0.5) is 5.69 Å². The lowest BCUT2D eigenvalue weighted by Gasteiger charge is -2.32. The molecule has 4 rings (SSSR count). The van der Waals surface area contributed by atoms with Gasteiger partial charge in [-0.3, -0.25) is 14.3 Å². The minimum atomic E-state index is 0.0786. The normalized spacial score (nSPS) is 25.3. The highest BCUT2D eigenvalue weighted by Crippen LogP contribution is 2.58. The Bertz CT molecular complexity index is 673. The number of carbonyl (C=O) groups excluding carboxylic acids is 2. The van der Waals surface area contributed by atoms with E-state index < -0.39 is 0 Å². The maximum atomic E-state index is 12.5. The topological polar surface area (TPSA) is 82.5 Å². The predicted octanol–water partition coefficient (Wildman–Crippen LogP) is -0.0147. The molecule has 2 saturated heterocycles. The number of rotatable bonds is 4. The van der Waals surface area contributed by atoms with Gasteiger partial charge in [0.25, 0.3) is 0 Å². The molecule has 0 aromatic carbocycles. The maximum absolute atomic E-state index is 12.5. The van der Waals surface area contributed by atoms with Gasteiger partial charge in [0.15, 0.2) is 0 Å². The smallest absolute Gasteiger partial charge is 0.244 e. The van der Waals surface area contributed by atoms with Crippen LogP contribution in [0.5, 0.6) is 0 Å². The number of nitrogens with zero attached hydrogens (tertiary/aromatic N) is 4. The van der Waals surface area contributed by atoms with Gasteiger partial charge in [0.2, 0.25) is 11.8 Å². The summed E-state index contributed by atoms with van der Waals surface area (Å²) < 4.78 is 1.61. The number of likely N-dealkylation sites (N-methyl/N-ethyl adjacent to an activating group) is 1. The van der Waals surface area contributed by atoms with Crippen LogP contribution in [0.1, 0.15) is 19.3 Å². The molecule has 2 amide bonds. The molecule has 26 heavy (non-hydrogen) atoms. The Labute approximate surface area is 153 Å². The van der Waals surface area contributed by atoms with E-state index in [9.17, 15) is 9.59 Å². The predicted molar refractivity (Wildman–Crippen MR) is 97.6 cm³/mol. The standard InChI is InChI=1S/C18H28N6O2/c1-22-6-8-23(9-7-22)16(25)13-24-12-14(11-20-24)21-17(26)15-10-18(15)2-4-19-5-3-18/h11-12,15,19H,2-10,13H2,1H3,(H,21,26). The number of carbonyl (C=O) groups is 2. The summed E-state index contributed by atoms with van der Waals surface area (Å²) in [5, 5.41) is 10.6. The number of hydrogen-bond donors (Lipinski definition) is 2. The number of nitrogens with one attached hydrogen (secondary N) is 2. The number of piperazine rings is 1. The van der Waals surface area contributed by atoms with Gasteiger partial charge in [-0.1, -0.05) is 0 Å². The van der Waals surface area contributed by atoms with Crippen LogP contribution in [0.25, 0.3) is 0 Å². The van der Waals surface area contributed by atoms with Gasteiger partial charge < -0.3 is 20.4 Å². The molecule has 1 atom stereocenters. The summed E-state index contributed by atoms with van der Waals surface area (Å²) in [5.41, 5.74) is 0.903. The van der Waals surface area contributed by atoms with Crippen LogP contribution in [0.2, 0.25) is 0 Å². The van der Waals surface area contributed by atoms with E-state index in [0.717, 1.165) is 58.5 Å². The van der Waals surface area contributed by atoms with Crippen LogP contribution in [-0.2, 0) is 16.1 Å². The van der Waals surface area contributed by atoms with Crippen molar-refractivity contribution in [3.8, 4) is 0 Å². The molecular formula is C18H28N6O2. The van der Waals surface area contributed by atoms with Crippen LogP contribution in [0, 0.1) is 11.3 Å². The number of hydrogen-bond acceptors (Lipinski definition) is 5. The molecule has 142 valence electrons. The molecule has 1 spiro atoms. The molecule has 1 saturated carbocycles. The lowest BCUT2D eigenvalue weighted by Crippen LogP contribution is -2.48. The summed E-state index contributed by atoms with van der Waals surface area (Å²) >= 11 is 0. The summed E-state index contributed by atoms with van der Waals surface area (Å²) in [6, 6.07) is 0. The van der Waals surface area contributed by atoms with Crippen molar-refractivity contribution < 1.29 is 9.59 Å². The Morgan fingerprint density at radius 1 is 1.27 bits per heavy atom. The quantitative estimate of drug-likeness (QED) is 0.789. The molecular weight excluding hydrogens is 332 g/mol. The van der Waals surface area contributed by atoms with Crippen molar-refractivity contribution in [2.75, 3.05) is 51.6 Å². The fourth-order valence-electron chi connectivity index (χ4n) is 4.23. The highest BCUT2D eigenvalue weighted by molar-refractivity contribution is 5.95. The summed E-state index contributed by atoms with van der Waals surface area (Å²) in [6.45, 7) is 5.58. The third-order valence-corrected chi connectivity index (χ3v) is 6.16. The van der Waals surface area contributed by atoms with Crippen LogP contribution >= 0.6 is 0 Å². The Kier molecular flexibility index (Phi) is 4.71. The van der Waals surface area contributed by atoms with E-state index in [0.29, 0.717) is 5.69 Å². The first-order valence-corrected chi connectivity index (χ1v) is 9.56. The highest BCUT2D eigenvalue weighted by Gasteiger charge is 2.57. The second kappa shape index (κ2) is 7.00. The van der Waals surface area contributed by atoms with Gasteiger partial charge in [-0.2, -0.15) is 5.10 Å². The fourth-order valence-corrected chi connectivity index (χ4v) is 4.23. The van der Waals surface area contributed by atoms with E-state index in [4.69, 9.17) is 0 Å². The number of aromatic nitrogens is 2. The SMILES string of the molecule is CN1CCN(C(=O)Cn2cc(NC(=O)C3CC34CCNCC4)cn2)CC1. The molecule has 2 N–H and O–H groups in total. The van der Waals surface area contributed by atoms with Crippen LogP contribution < -0.4 is 10.6 Å². The molecule has 3 fully saturated rings. The highest BCUT2D eigenvalue weighted by atomic mass is 16.2. The zero-order valence-electron chi connectivity index (χ0n) is 15.4. The van der Waals surface area contributed by atoms with E-state index in [1.165, 1.54) is 0 Å². The lowest BCUT2D eigenvalue weighted by atomic mass is 9.92. The number of piperidine rings is 1. The molecule has 3 heterocycles. The average Bonchev–Trinajstić information content (AvgIpc) is 3.14. The van der Waals surface area contributed by atoms with Crippen molar-refractivity contribution in [1.29, 1.82) is 0 Å². The number of anilines is 1. The molecule has 3 aliphatic rings. The Hall–Kier alpha value is -1.93. The van der Waals surface area contributed by atoms with Crippen molar-refractivity contribution in [2.24, 2.45) is 11.3 Å². The molecule has 1 unspecified atom stereocenters. The van der Waals surface area contributed by atoms with Gasteiger partial charge in [-0.05, 0) is 44.8 Å². The van der Waals surface area contributed by atoms with E-state index in [1.807, 2.05) is 4.90 Å². The van der Waals surface area contributed by atoms with Crippen molar-refractivity contribution in [3.63, 3.8) is 0 Å². The largest absolute Gasteiger partial charge is 0.339 e. The fraction of sp³-hybridized carbons (Fsp3) is 0.722. The molecule has 0 radical (unpaired) electrons. The van der Waals surface area contributed by atoms with Crippen LogP contribution in [0.3, 0.4) is 0 Å². The minimum absolute atomic E-state index is 0.0786. The van der Waals surface area contributed by atoms with Gasteiger partial charge in [0.1, 0.15) is 6.54 Å². The molecule has 8 heteroatoms. The van der Waals surface area contributed by atoms with Crippen molar-refractivity contribution >= 4 is 17.5 Å². The Morgan fingerprint density at radius 3 is 2.73 bits per heavy atom. The van der Waals surface area contributed by atoms with Crippen molar-refractivity contribution in [3.05, 3.63) is 12.4 Å². The first-order valence-electron chi connectivity index (χ1n) is 9.56. The monoisotopic (exact) mass is 360 g/mol. The van der Waals surface area contributed by atoms with E-state index in [2.05, 4.69) is 27.7 Å². The molecule has 1 aliphatic carbocycles. The summed E-state index contributed by atoms with van der Waals surface area (Å²) in [6.07, 6.45) is 6.56. The molecule has 8 nitrogen and oxygen atoms in total. The molecule has 1 aromatic rings. The van der Waals surface area contributed by atoms with Gasteiger partial charge in [-0.15, -0.1) is 0 Å².